The van der Waals surface area contributed by atoms with Gasteiger partial charge in [0.05, 0.1) is 0 Å². The van der Waals surface area contributed by atoms with Crippen LogP contribution in [0.2, 0.25) is 0 Å². The van der Waals surface area contributed by atoms with Gasteiger partial charge in [-0.1, -0.05) is 158 Å². The van der Waals surface area contributed by atoms with Gasteiger partial charge in [0.2, 0.25) is 0 Å². The maximum Gasteiger partial charge on any atom is 0.164 e. The molecular formula is C45H29N3. The van der Waals surface area contributed by atoms with Crippen LogP contribution in [-0.4, -0.2) is 15.0 Å². The first-order valence-electron chi connectivity index (χ1n) is 16.2. The van der Waals surface area contributed by atoms with Gasteiger partial charge in [0, 0.05) is 16.7 Å². The zero-order valence-corrected chi connectivity index (χ0v) is 26.1. The first-order valence-corrected chi connectivity index (χ1v) is 16.2. The number of hydrogen-bond donors (Lipinski definition) is 0. The van der Waals surface area contributed by atoms with Crippen molar-refractivity contribution < 1.29 is 0 Å². The van der Waals surface area contributed by atoms with Gasteiger partial charge in [0.25, 0.3) is 0 Å². The normalized spacial score (nSPS) is 11.3. The van der Waals surface area contributed by atoms with Gasteiger partial charge < -0.3 is 0 Å². The minimum absolute atomic E-state index is 0.643. The van der Waals surface area contributed by atoms with Crippen molar-refractivity contribution in [1.29, 1.82) is 0 Å². The van der Waals surface area contributed by atoms with Gasteiger partial charge in [-0.2, -0.15) is 0 Å². The van der Waals surface area contributed by atoms with Crippen LogP contribution >= 0.6 is 0 Å². The molecule has 0 atom stereocenters. The molecule has 0 spiro atoms. The van der Waals surface area contributed by atoms with Gasteiger partial charge in [-0.25, -0.2) is 15.0 Å². The van der Waals surface area contributed by atoms with Crippen LogP contribution in [0.15, 0.2) is 176 Å². The minimum Gasteiger partial charge on any atom is -0.208 e. The van der Waals surface area contributed by atoms with Crippen molar-refractivity contribution >= 4 is 32.3 Å². The van der Waals surface area contributed by atoms with Crippen molar-refractivity contribution in [2.75, 3.05) is 0 Å². The van der Waals surface area contributed by atoms with Crippen LogP contribution in [0.5, 0.6) is 0 Å². The average Bonchev–Trinajstić information content (AvgIpc) is 3.17. The van der Waals surface area contributed by atoms with Crippen molar-refractivity contribution in [2.24, 2.45) is 0 Å². The molecule has 9 aromatic rings. The summed E-state index contributed by atoms with van der Waals surface area (Å²) in [5.41, 5.74) is 7.58. The summed E-state index contributed by atoms with van der Waals surface area (Å²) < 4.78 is 0. The van der Waals surface area contributed by atoms with Crippen molar-refractivity contribution in [3.05, 3.63) is 176 Å². The molecule has 0 amide bonds. The third-order valence-electron chi connectivity index (χ3n) is 9.09. The Balaban J connectivity index is 1.21. The van der Waals surface area contributed by atoms with Crippen molar-refractivity contribution in [1.82, 2.24) is 15.0 Å². The first kappa shape index (κ1) is 27.8. The van der Waals surface area contributed by atoms with E-state index in [1.54, 1.807) is 0 Å². The van der Waals surface area contributed by atoms with E-state index in [2.05, 4.69) is 170 Å². The Morgan fingerprint density at radius 3 is 1.46 bits per heavy atom. The summed E-state index contributed by atoms with van der Waals surface area (Å²) in [5.74, 6) is 1.94. The summed E-state index contributed by atoms with van der Waals surface area (Å²) in [7, 11) is 0. The number of benzene rings is 8. The highest BCUT2D eigenvalue weighted by Crippen LogP contribution is 2.34. The fourth-order valence-electron chi connectivity index (χ4n) is 6.67. The smallest absolute Gasteiger partial charge is 0.164 e. The van der Waals surface area contributed by atoms with Crippen molar-refractivity contribution in [2.45, 2.75) is 0 Å². The number of nitrogens with zero attached hydrogens (tertiary/aromatic N) is 3. The van der Waals surface area contributed by atoms with Crippen LogP contribution in [0.4, 0.5) is 0 Å². The lowest BCUT2D eigenvalue weighted by atomic mass is 9.97. The predicted molar refractivity (Wildman–Crippen MR) is 200 cm³/mol. The van der Waals surface area contributed by atoms with Gasteiger partial charge in [-0.05, 0) is 72.8 Å². The lowest BCUT2D eigenvalue weighted by molar-refractivity contribution is 1.08. The van der Waals surface area contributed by atoms with Crippen molar-refractivity contribution in [3.8, 4) is 56.4 Å². The van der Waals surface area contributed by atoms with Gasteiger partial charge >= 0.3 is 0 Å². The molecule has 0 saturated heterocycles. The summed E-state index contributed by atoms with van der Waals surface area (Å²) in [6.45, 7) is 0. The molecule has 3 nitrogen and oxygen atoms in total. The van der Waals surface area contributed by atoms with E-state index in [1.807, 2.05) is 6.07 Å². The van der Waals surface area contributed by atoms with Crippen LogP contribution < -0.4 is 0 Å². The van der Waals surface area contributed by atoms with E-state index in [-0.39, 0.29) is 0 Å². The molecule has 0 radical (unpaired) electrons. The molecule has 1 heterocycles. The molecule has 0 aliphatic rings. The number of hydrogen-bond acceptors (Lipinski definition) is 3. The van der Waals surface area contributed by atoms with Gasteiger partial charge in [-0.15, -0.1) is 0 Å². The van der Waals surface area contributed by atoms with E-state index >= 15 is 0 Å². The van der Waals surface area contributed by atoms with Gasteiger partial charge in [-0.3, -0.25) is 0 Å². The molecule has 0 N–H and O–H groups in total. The highest BCUT2D eigenvalue weighted by molar-refractivity contribution is 5.98. The van der Waals surface area contributed by atoms with E-state index in [1.165, 1.54) is 32.8 Å². The molecule has 0 fully saturated rings. The van der Waals surface area contributed by atoms with E-state index in [9.17, 15) is 0 Å². The monoisotopic (exact) mass is 611 g/mol. The molecular weight excluding hydrogens is 583 g/mol. The van der Waals surface area contributed by atoms with E-state index < -0.39 is 0 Å². The zero-order chi connectivity index (χ0) is 31.9. The van der Waals surface area contributed by atoms with Crippen LogP contribution in [0.25, 0.3) is 88.7 Å². The standard InChI is InChI=1S/C45H29N3/c1-2-11-30(12-3-1)33-23-24-35-28-38(26-25-34(35)27-33)44-46-43(47-45(48-44)42-22-10-16-32-14-5-7-20-40(32)42)37-18-8-17-36(29-37)41-21-9-15-31-13-4-6-19-39(31)41/h1-29H. The summed E-state index contributed by atoms with van der Waals surface area (Å²) in [6.07, 6.45) is 0. The van der Waals surface area contributed by atoms with Crippen LogP contribution in [0.3, 0.4) is 0 Å². The Kier molecular flexibility index (Phi) is 6.80. The topological polar surface area (TPSA) is 38.7 Å². The third kappa shape index (κ3) is 5.08. The fourth-order valence-corrected chi connectivity index (χ4v) is 6.67. The number of rotatable bonds is 5. The van der Waals surface area contributed by atoms with Gasteiger partial charge in [0.1, 0.15) is 0 Å². The van der Waals surface area contributed by atoms with Crippen LogP contribution in [0.1, 0.15) is 0 Å². The molecule has 0 aliphatic carbocycles. The molecule has 3 heteroatoms. The number of aromatic nitrogens is 3. The molecule has 9 rings (SSSR count). The van der Waals surface area contributed by atoms with Gasteiger partial charge in [0.15, 0.2) is 17.5 Å². The summed E-state index contributed by atoms with van der Waals surface area (Å²) in [4.78, 5) is 15.4. The summed E-state index contributed by atoms with van der Waals surface area (Å²) in [5, 5.41) is 7.01. The first-order chi connectivity index (χ1) is 23.8. The second kappa shape index (κ2) is 11.7. The van der Waals surface area contributed by atoms with E-state index in [0.29, 0.717) is 17.5 Å². The Morgan fingerprint density at radius 2 is 0.729 bits per heavy atom. The molecule has 0 bridgehead atoms. The molecule has 8 aromatic carbocycles. The largest absolute Gasteiger partial charge is 0.208 e. The SMILES string of the molecule is c1ccc(-c2ccc3cc(-c4nc(-c5cccc(-c6cccc7ccccc67)c5)nc(-c5cccc6ccccc56)n4)ccc3c2)cc1. The maximum atomic E-state index is 5.13. The summed E-state index contributed by atoms with van der Waals surface area (Å²) >= 11 is 0. The maximum absolute atomic E-state index is 5.13. The fraction of sp³-hybridized carbons (Fsp3) is 0. The Bertz CT molecular complexity index is 2610. The van der Waals surface area contributed by atoms with Crippen molar-refractivity contribution in [3.63, 3.8) is 0 Å². The second-order valence-corrected chi connectivity index (χ2v) is 12.1. The molecule has 0 aliphatic heterocycles. The average molecular weight is 612 g/mol. The molecule has 1 aromatic heterocycles. The number of fused-ring (bicyclic) bond motifs is 3. The van der Waals surface area contributed by atoms with E-state index in [4.69, 9.17) is 15.0 Å². The lowest BCUT2D eigenvalue weighted by Crippen LogP contribution is -2.00. The van der Waals surface area contributed by atoms with Crippen LogP contribution in [-0.2, 0) is 0 Å². The molecule has 224 valence electrons. The quantitative estimate of drug-likeness (QED) is 0.194. The Labute approximate surface area is 278 Å². The highest BCUT2D eigenvalue weighted by Gasteiger charge is 2.16. The second-order valence-electron chi connectivity index (χ2n) is 12.1. The zero-order valence-electron chi connectivity index (χ0n) is 26.1. The van der Waals surface area contributed by atoms with E-state index in [0.717, 1.165) is 38.4 Å². The Morgan fingerprint density at radius 1 is 0.250 bits per heavy atom. The molecule has 0 unspecified atom stereocenters. The summed E-state index contributed by atoms with van der Waals surface area (Å²) in [6, 6.07) is 61.8. The Hall–Kier alpha value is -6.45. The third-order valence-corrected chi connectivity index (χ3v) is 9.09. The lowest BCUT2D eigenvalue weighted by Gasteiger charge is -2.12. The predicted octanol–water partition coefficient (Wildman–Crippen LogP) is 11.7. The molecule has 0 saturated carbocycles. The molecule has 48 heavy (non-hydrogen) atoms. The highest BCUT2D eigenvalue weighted by atomic mass is 15.0. The van der Waals surface area contributed by atoms with Crippen LogP contribution in [0, 0.1) is 0 Å². The minimum atomic E-state index is 0.643.